The molecule has 2 heterocycles. The third kappa shape index (κ3) is 2.59. The van der Waals surface area contributed by atoms with Gasteiger partial charge in [0.05, 0.1) is 6.42 Å². The Labute approximate surface area is 94.8 Å². The standard InChI is InChI=1S/C11H17N3O2/c1-8-3-5-14(6-4-8)11(15)7-10-12-9(2)16-13-10/h8H,3-7H2,1-2H3. The van der Waals surface area contributed by atoms with Crippen molar-refractivity contribution in [3.05, 3.63) is 11.7 Å². The minimum Gasteiger partial charge on any atom is -0.342 e. The first-order valence-corrected chi connectivity index (χ1v) is 5.72. The average molecular weight is 223 g/mol. The average Bonchev–Trinajstić information content (AvgIpc) is 2.65. The molecule has 0 aromatic carbocycles. The first kappa shape index (κ1) is 11.1. The molecule has 88 valence electrons. The van der Waals surface area contributed by atoms with Crippen LogP contribution in [0.15, 0.2) is 4.52 Å². The van der Waals surface area contributed by atoms with E-state index in [1.54, 1.807) is 6.92 Å². The molecule has 0 saturated carbocycles. The topological polar surface area (TPSA) is 59.2 Å². The zero-order valence-electron chi connectivity index (χ0n) is 9.77. The first-order valence-electron chi connectivity index (χ1n) is 5.72. The minimum absolute atomic E-state index is 0.104. The number of nitrogens with zero attached hydrogens (tertiary/aromatic N) is 3. The van der Waals surface area contributed by atoms with E-state index in [0.717, 1.165) is 31.8 Å². The van der Waals surface area contributed by atoms with Crippen LogP contribution in [0.5, 0.6) is 0 Å². The number of aromatic nitrogens is 2. The number of carbonyl (C=O) groups excluding carboxylic acids is 1. The molecule has 5 heteroatoms. The minimum atomic E-state index is 0.104. The number of rotatable bonds is 2. The SMILES string of the molecule is Cc1nc(CC(=O)N2CCC(C)CC2)no1. The first-order chi connectivity index (χ1) is 7.65. The van der Waals surface area contributed by atoms with Gasteiger partial charge in [0.2, 0.25) is 11.8 Å². The normalized spacial score (nSPS) is 17.8. The van der Waals surface area contributed by atoms with Crippen molar-refractivity contribution >= 4 is 5.91 Å². The van der Waals surface area contributed by atoms with E-state index < -0.39 is 0 Å². The highest BCUT2D eigenvalue weighted by atomic mass is 16.5. The summed E-state index contributed by atoms with van der Waals surface area (Å²) in [4.78, 5) is 17.8. The Morgan fingerprint density at radius 2 is 2.19 bits per heavy atom. The highest BCUT2D eigenvalue weighted by Crippen LogP contribution is 2.16. The molecular formula is C11H17N3O2. The molecule has 1 aliphatic rings. The Kier molecular flexibility index (Phi) is 3.22. The predicted molar refractivity (Wildman–Crippen MR) is 57.7 cm³/mol. The molecule has 0 aliphatic carbocycles. The van der Waals surface area contributed by atoms with Crippen LogP contribution >= 0.6 is 0 Å². The molecule has 2 rings (SSSR count). The van der Waals surface area contributed by atoms with Gasteiger partial charge in [0, 0.05) is 20.0 Å². The van der Waals surface area contributed by atoms with E-state index in [2.05, 4.69) is 17.1 Å². The molecule has 0 bridgehead atoms. The van der Waals surface area contributed by atoms with Crippen LogP contribution < -0.4 is 0 Å². The third-order valence-electron chi connectivity index (χ3n) is 3.02. The van der Waals surface area contributed by atoms with Crippen LogP contribution in [0.25, 0.3) is 0 Å². The smallest absolute Gasteiger partial charge is 0.230 e. The molecule has 1 aliphatic heterocycles. The highest BCUT2D eigenvalue weighted by Gasteiger charge is 2.21. The molecule has 16 heavy (non-hydrogen) atoms. The Bertz CT molecular complexity index is 367. The van der Waals surface area contributed by atoms with Gasteiger partial charge in [0.25, 0.3) is 0 Å². The Balaban J connectivity index is 1.88. The number of hydrogen-bond acceptors (Lipinski definition) is 4. The Morgan fingerprint density at radius 3 is 2.75 bits per heavy atom. The lowest BCUT2D eigenvalue weighted by atomic mass is 9.99. The van der Waals surface area contributed by atoms with Crippen LogP contribution in [0.1, 0.15) is 31.5 Å². The van der Waals surface area contributed by atoms with Crippen LogP contribution in [0, 0.1) is 12.8 Å². The van der Waals surface area contributed by atoms with Gasteiger partial charge in [-0.15, -0.1) is 0 Å². The summed E-state index contributed by atoms with van der Waals surface area (Å²) in [6.07, 6.45) is 2.44. The van der Waals surface area contributed by atoms with Crippen molar-refractivity contribution < 1.29 is 9.32 Å². The fraction of sp³-hybridized carbons (Fsp3) is 0.727. The second-order valence-electron chi connectivity index (χ2n) is 4.47. The number of likely N-dealkylation sites (tertiary alicyclic amines) is 1. The molecule has 0 unspecified atom stereocenters. The van der Waals surface area contributed by atoms with Gasteiger partial charge >= 0.3 is 0 Å². The molecule has 1 amide bonds. The molecular weight excluding hydrogens is 206 g/mol. The molecule has 1 aromatic heterocycles. The van der Waals surface area contributed by atoms with Gasteiger partial charge in [0.15, 0.2) is 5.82 Å². The predicted octanol–water partition coefficient (Wildman–Crippen LogP) is 1.18. The maximum atomic E-state index is 11.9. The monoisotopic (exact) mass is 223 g/mol. The Morgan fingerprint density at radius 1 is 1.50 bits per heavy atom. The summed E-state index contributed by atoms with van der Waals surface area (Å²) in [7, 11) is 0. The van der Waals surface area contributed by atoms with Gasteiger partial charge < -0.3 is 9.42 Å². The van der Waals surface area contributed by atoms with Gasteiger partial charge in [-0.25, -0.2) is 0 Å². The lowest BCUT2D eigenvalue weighted by molar-refractivity contribution is -0.131. The van der Waals surface area contributed by atoms with Crippen molar-refractivity contribution in [2.75, 3.05) is 13.1 Å². The Hall–Kier alpha value is -1.39. The van der Waals surface area contributed by atoms with Gasteiger partial charge in [0.1, 0.15) is 0 Å². The summed E-state index contributed by atoms with van der Waals surface area (Å²) in [5.74, 6) is 1.83. The zero-order valence-corrected chi connectivity index (χ0v) is 9.77. The lowest BCUT2D eigenvalue weighted by Crippen LogP contribution is -2.38. The molecule has 1 fully saturated rings. The van der Waals surface area contributed by atoms with E-state index >= 15 is 0 Å². The molecule has 0 atom stereocenters. The van der Waals surface area contributed by atoms with Crippen molar-refractivity contribution in [2.45, 2.75) is 33.1 Å². The largest absolute Gasteiger partial charge is 0.342 e. The third-order valence-corrected chi connectivity index (χ3v) is 3.02. The van der Waals surface area contributed by atoms with Crippen molar-refractivity contribution in [2.24, 2.45) is 5.92 Å². The summed E-state index contributed by atoms with van der Waals surface area (Å²) < 4.78 is 4.84. The van der Waals surface area contributed by atoms with Gasteiger partial charge in [-0.2, -0.15) is 4.98 Å². The lowest BCUT2D eigenvalue weighted by Gasteiger charge is -2.30. The summed E-state index contributed by atoms with van der Waals surface area (Å²) in [6.45, 7) is 5.67. The van der Waals surface area contributed by atoms with Gasteiger partial charge in [-0.1, -0.05) is 12.1 Å². The van der Waals surface area contributed by atoms with E-state index in [-0.39, 0.29) is 12.3 Å². The molecule has 1 saturated heterocycles. The van der Waals surface area contributed by atoms with Crippen molar-refractivity contribution in [1.29, 1.82) is 0 Å². The number of carbonyl (C=O) groups is 1. The summed E-state index contributed by atoms with van der Waals surface area (Å²) >= 11 is 0. The second-order valence-corrected chi connectivity index (χ2v) is 4.47. The van der Waals surface area contributed by atoms with E-state index in [4.69, 9.17) is 4.52 Å². The van der Waals surface area contributed by atoms with Crippen molar-refractivity contribution in [3.8, 4) is 0 Å². The van der Waals surface area contributed by atoms with Crippen LogP contribution in [0.3, 0.4) is 0 Å². The van der Waals surface area contributed by atoms with Crippen LogP contribution in [-0.4, -0.2) is 34.0 Å². The molecule has 1 aromatic rings. The summed E-state index contributed by atoms with van der Waals surface area (Å²) in [6, 6.07) is 0. The second kappa shape index (κ2) is 4.63. The number of hydrogen-bond donors (Lipinski definition) is 0. The summed E-state index contributed by atoms with van der Waals surface area (Å²) in [5, 5.41) is 3.73. The van der Waals surface area contributed by atoms with Crippen LogP contribution in [0.2, 0.25) is 0 Å². The van der Waals surface area contributed by atoms with E-state index in [0.29, 0.717) is 11.7 Å². The summed E-state index contributed by atoms with van der Waals surface area (Å²) in [5.41, 5.74) is 0. The zero-order chi connectivity index (χ0) is 11.5. The molecule has 0 spiro atoms. The highest BCUT2D eigenvalue weighted by molar-refractivity contribution is 5.78. The van der Waals surface area contributed by atoms with Gasteiger partial charge in [-0.05, 0) is 18.8 Å². The fourth-order valence-corrected chi connectivity index (χ4v) is 1.92. The fourth-order valence-electron chi connectivity index (χ4n) is 1.92. The van der Waals surface area contributed by atoms with E-state index in [1.807, 2.05) is 4.90 Å². The number of amides is 1. The van der Waals surface area contributed by atoms with Crippen molar-refractivity contribution in [3.63, 3.8) is 0 Å². The van der Waals surface area contributed by atoms with Crippen LogP contribution in [-0.2, 0) is 11.2 Å². The number of aryl methyl sites for hydroxylation is 1. The molecule has 0 N–H and O–H groups in total. The van der Waals surface area contributed by atoms with E-state index in [9.17, 15) is 4.79 Å². The van der Waals surface area contributed by atoms with Crippen LogP contribution in [0.4, 0.5) is 0 Å². The van der Waals surface area contributed by atoms with Crippen molar-refractivity contribution in [1.82, 2.24) is 15.0 Å². The maximum absolute atomic E-state index is 11.9. The maximum Gasteiger partial charge on any atom is 0.230 e. The number of piperidine rings is 1. The molecule has 5 nitrogen and oxygen atoms in total. The van der Waals surface area contributed by atoms with E-state index in [1.165, 1.54) is 0 Å². The quantitative estimate of drug-likeness (QED) is 0.755. The molecule has 0 radical (unpaired) electrons. The van der Waals surface area contributed by atoms with Gasteiger partial charge in [-0.3, -0.25) is 4.79 Å².